The third-order valence-corrected chi connectivity index (χ3v) is 7.67. The average Bonchev–Trinajstić information content (AvgIpc) is 3.71. The Morgan fingerprint density at radius 1 is 0.842 bits per heavy atom. The van der Waals surface area contributed by atoms with E-state index in [9.17, 15) is 0 Å². The summed E-state index contributed by atoms with van der Waals surface area (Å²) in [4.78, 5) is 13.6. The van der Waals surface area contributed by atoms with E-state index in [1.165, 1.54) is 42.5 Å². The molecular formula is C34H35N3O. The standard InChI is InChI=1S/C34H35N3O/c1-2-10-17-28-21-29(27(16-9-1)20-25-12-5-3-6-13-25)31(36-28)22-33-34(38-24-26-14-7-4-8-15-26)23-32(37-33)30-18-11-19-35-30/h3-8,11-15,18-19,22-23,31,35H,1-2,9-10,16-17,20-21,24H2. The third kappa shape index (κ3) is 5.80. The largest absolute Gasteiger partial charge is 0.487 e. The molecule has 2 aromatic carbocycles. The van der Waals surface area contributed by atoms with Gasteiger partial charge in [-0.3, -0.25) is 4.99 Å². The van der Waals surface area contributed by atoms with E-state index in [-0.39, 0.29) is 6.04 Å². The van der Waals surface area contributed by atoms with Crippen molar-refractivity contribution in [1.29, 1.82) is 0 Å². The van der Waals surface area contributed by atoms with Gasteiger partial charge in [0.1, 0.15) is 18.1 Å². The summed E-state index contributed by atoms with van der Waals surface area (Å²) < 4.78 is 6.36. The van der Waals surface area contributed by atoms with Gasteiger partial charge in [0.15, 0.2) is 0 Å². The number of fused-ring (bicyclic) bond motifs is 2. The van der Waals surface area contributed by atoms with E-state index in [0.717, 1.165) is 54.1 Å². The van der Waals surface area contributed by atoms with Gasteiger partial charge in [0.05, 0.1) is 17.4 Å². The molecule has 4 nitrogen and oxygen atoms in total. The fourth-order valence-electron chi connectivity index (χ4n) is 5.66. The number of H-pyrrole nitrogens is 1. The number of ether oxygens (including phenoxy) is 1. The lowest BCUT2D eigenvalue weighted by Gasteiger charge is -2.17. The van der Waals surface area contributed by atoms with E-state index in [1.54, 1.807) is 5.57 Å². The first-order valence-electron chi connectivity index (χ1n) is 14.0. The van der Waals surface area contributed by atoms with Crippen LogP contribution in [0.15, 0.2) is 124 Å². The van der Waals surface area contributed by atoms with Crippen LogP contribution in [0.2, 0.25) is 0 Å². The highest BCUT2D eigenvalue weighted by molar-refractivity contribution is 6.10. The van der Waals surface area contributed by atoms with Crippen molar-refractivity contribution in [3.63, 3.8) is 0 Å². The number of nitrogens with zero attached hydrogens (tertiary/aromatic N) is 2. The number of rotatable bonds is 7. The Balaban J connectivity index is 1.35. The molecule has 0 saturated carbocycles. The van der Waals surface area contributed by atoms with Crippen molar-refractivity contribution in [2.75, 3.05) is 0 Å². The van der Waals surface area contributed by atoms with Crippen molar-refractivity contribution < 1.29 is 4.74 Å². The molecule has 2 bridgehead atoms. The Morgan fingerprint density at radius 3 is 2.37 bits per heavy atom. The van der Waals surface area contributed by atoms with E-state index in [2.05, 4.69) is 65.7 Å². The van der Waals surface area contributed by atoms with Gasteiger partial charge in [-0.15, -0.1) is 0 Å². The Bertz CT molecular complexity index is 1390. The molecule has 3 aliphatic rings. The SMILES string of the molecule is C(=C1N=C(c2ccc[nH]2)C=C1OCc1ccccc1)C1N=C2CCCCCCC(Cc3ccccc3)=C1C2. The second-order valence-electron chi connectivity index (χ2n) is 10.4. The van der Waals surface area contributed by atoms with Crippen LogP contribution in [0.25, 0.3) is 0 Å². The van der Waals surface area contributed by atoms with Crippen LogP contribution in [-0.4, -0.2) is 22.4 Å². The quantitative estimate of drug-likeness (QED) is 0.329. The molecule has 1 N–H and O–H groups in total. The third-order valence-electron chi connectivity index (χ3n) is 7.67. The zero-order valence-electron chi connectivity index (χ0n) is 21.9. The van der Waals surface area contributed by atoms with Gasteiger partial charge in [-0.05, 0) is 67.0 Å². The molecule has 3 aromatic rings. The van der Waals surface area contributed by atoms with Gasteiger partial charge in [0.2, 0.25) is 0 Å². The Labute approximate surface area is 225 Å². The Kier molecular flexibility index (Phi) is 7.48. The van der Waals surface area contributed by atoms with Gasteiger partial charge >= 0.3 is 0 Å². The molecule has 1 aromatic heterocycles. The molecule has 0 radical (unpaired) electrons. The first-order valence-corrected chi connectivity index (χ1v) is 14.0. The van der Waals surface area contributed by atoms with Gasteiger partial charge in [-0.1, -0.05) is 79.1 Å². The molecule has 2 aliphatic heterocycles. The van der Waals surface area contributed by atoms with Crippen molar-refractivity contribution in [3.05, 3.63) is 131 Å². The van der Waals surface area contributed by atoms with Gasteiger partial charge in [0, 0.05) is 24.4 Å². The van der Waals surface area contributed by atoms with Crippen LogP contribution in [0.4, 0.5) is 0 Å². The number of aromatic nitrogens is 1. The molecule has 0 fully saturated rings. The number of allylic oxidation sites excluding steroid dienone is 2. The molecule has 6 rings (SSSR count). The fourth-order valence-corrected chi connectivity index (χ4v) is 5.66. The average molecular weight is 502 g/mol. The Morgan fingerprint density at radius 2 is 1.61 bits per heavy atom. The van der Waals surface area contributed by atoms with Crippen LogP contribution in [0.1, 0.15) is 61.8 Å². The first kappa shape index (κ1) is 24.4. The van der Waals surface area contributed by atoms with Crippen LogP contribution in [0.3, 0.4) is 0 Å². The molecule has 1 atom stereocenters. The summed E-state index contributed by atoms with van der Waals surface area (Å²) >= 11 is 0. The minimum Gasteiger partial charge on any atom is -0.487 e. The second-order valence-corrected chi connectivity index (χ2v) is 10.4. The number of hydrogen-bond acceptors (Lipinski definition) is 3. The van der Waals surface area contributed by atoms with Gasteiger partial charge < -0.3 is 9.72 Å². The van der Waals surface area contributed by atoms with E-state index in [1.807, 2.05) is 30.5 Å². The van der Waals surface area contributed by atoms with Crippen molar-refractivity contribution in [1.82, 2.24) is 4.98 Å². The summed E-state index contributed by atoms with van der Waals surface area (Å²) in [7, 11) is 0. The lowest BCUT2D eigenvalue weighted by molar-refractivity contribution is 0.207. The number of nitrogens with one attached hydrogen (secondary N) is 1. The molecule has 0 spiro atoms. The van der Waals surface area contributed by atoms with E-state index in [4.69, 9.17) is 14.7 Å². The minimum absolute atomic E-state index is 0.0206. The van der Waals surface area contributed by atoms with Crippen LogP contribution < -0.4 is 0 Å². The van der Waals surface area contributed by atoms with Crippen LogP contribution in [0.5, 0.6) is 0 Å². The summed E-state index contributed by atoms with van der Waals surface area (Å²) in [5, 5.41) is 0. The van der Waals surface area contributed by atoms with Gasteiger partial charge in [-0.25, -0.2) is 4.99 Å². The molecule has 0 saturated heterocycles. The van der Waals surface area contributed by atoms with Gasteiger partial charge in [0.25, 0.3) is 0 Å². The minimum atomic E-state index is 0.0206. The number of aromatic amines is 1. The second kappa shape index (κ2) is 11.6. The highest BCUT2D eigenvalue weighted by Crippen LogP contribution is 2.35. The van der Waals surface area contributed by atoms with Crippen LogP contribution in [0, 0.1) is 0 Å². The summed E-state index contributed by atoms with van der Waals surface area (Å²) in [6.07, 6.45) is 15.6. The smallest absolute Gasteiger partial charge is 0.147 e. The molecule has 3 heterocycles. The highest BCUT2D eigenvalue weighted by atomic mass is 16.5. The van der Waals surface area contributed by atoms with Crippen LogP contribution >= 0.6 is 0 Å². The zero-order chi connectivity index (χ0) is 25.6. The van der Waals surface area contributed by atoms with Crippen LogP contribution in [-0.2, 0) is 17.8 Å². The van der Waals surface area contributed by atoms with Gasteiger partial charge in [-0.2, -0.15) is 0 Å². The van der Waals surface area contributed by atoms with E-state index < -0.39 is 0 Å². The van der Waals surface area contributed by atoms with E-state index >= 15 is 0 Å². The molecule has 0 amide bonds. The predicted octanol–water partition coefficient (Wildman–Crippen LogP) is 7.91. The molecule has 4 heteroatoms. The zero-order valence-corrected chi connectivity index (χ0v) is 21.9. The molecule has 1 aliphatic carbocycles. The number of benzene rings is 2. The maximum atomic E-state index is 6.36. The maximum Gasteiger partial charge on any atom is 0.147 e. The Hall–Kier alpha value is -3.92. The molecule has 38 heavy (non-hydrogen) atoms. The number of aliphatic imine (C=N–C) groups is 2. The topological polar surface area (TPSA) is 49.7 Å². The highest BCUT2D eigenvalue weighted by Gasteiger charge is 2.28. The summed E-state index contributed by atoms with van der Waals surface area (Å²) in [6, 6.07) is 25.3. The monoisotopic (exact) mass is 501 g/mol. The lowest BCUT2D eigenvalue weighted by atomic mass is 9.88. The normalized spacial score (nSPS) is 20.8. The lowest BCUT2D eigenvalue weighted by Crippen LogP contribution is -2.08. The first-order chi connectivity index (χ1) is 18.8. The number of hydrogen-bond donors (Lipinski definition) is 1. The van der Waals surface area contributed by atoms with E-state index in [0.29, 0.717) is 6.61 Å². The van der Waals surface area contributed by atoms with Crippen molar-refractivity contribution in [2.24, 2.45) is 9.98 Å². The maximum absolute atomic E-state index is 6.36. The molecular weight excluding hydrogens is 466 g/mol. The summed E-state index contributed by atoms with van der Waals surface area (Å²) in [6.45, 7) is 0.513. The summed E-state index contributed by atoms with van der Waals surface area (Å²) in [5.74, 6) is 0.815. The molecule has 1 unspecified atom stereocenters. The van der Waals surface area contributed by atoms with Crippen molar-refractivity contribution in [2.45, 2.75) is 64.0 Å². The fraction of sp³-hybridized carbons (Fsp3) is 0.294. The molecule has 192 valence electrons. The predicted molar refractivity (Wildman–Crippen MR) is 155 cm³/mol. The summed E-state index contributed by atoms with van der Waals surface area (Å²) in [5.41, 5.74) is 9.68. The van der Waals surface area contributed by atoms with Crippen molar-refractivity contribution >= 4 is 11.4 Å². The van der Waals surface area contributed by atoms with Crippen molar-refractivity contribution in [3.8, 4) is 0 Å².